The molecule has 0 N–H and O–H groups in total. The number of amides is 2. The summed E-state index contributed by atoms with van der Waals surface area (Å²) in [5.74, 6) is 0.0592. The van der Waals surface area contributed by atoms with Crippen LogP contribution in [0.15, 0.2) is 60.8 Å². The topological polar surface area (TPSA) is 54.8 Å². The van der Waals surface area contributed by atoms with Crippen molar-refractivity contribution >= 4 is 22.7 Å². The molecule has 6 nitrogen and oxygen atoms in total. The zero-order valence-electron chi connectivity index (χ0n) is 16.8. The Balaban J connectivity index is 1.35. The molecule has 6 heteroatoms. The number of hydrogen-bond acceptors (Lipinski definition) is 3. The van der Waals surface area contributed by atoms with Gasteiger partial charge in [-0.1, -0.05) is 48.5 Å². The summed E-state index contributed by atoms with van der Waals surface area (Å²) < 4.78 is 8.55. The lowest BCUT2D eigenvalue weighted by molar-refractivity contribution is -0.138. The molecule has 3 atom stereocenters. The highest BCUT2D eigenvalue weighted by Crippen LogP contribution is 2.51. The largest absolute Gasteiger partial charge is 0.350 e. The number of likely N-dealkylation sites (tertiary alicyclic amines) is 1. The molecule has 3 aromatic rings. The normalized spacial score (nSPS) is 27.7. The molecular weight excluding hydrogens is 378 g/mol. The number of rotatable bonds is 2. The molecule has 3 aliphatic heterocycles. The number of aryl methyl sites for hydroxylation is 1. The van der Waals surface area contributed by atoms with E-state index in [0.717, 1.165) is 16.5 Å². The van der Waals surface area contributed by atoms with Gasteiger partial charge in [-0.25, -0.2) is 0 Å². The molecule has 6 rings (SSSR count). The Morgan fingerprint density at radius 2 is 1.87 bits per heavy atom. The molecule has 4 heterocycles. The van der Waals surface area contributed by atoms with Crippen LogP contribution in [0.5, 0.6) is 0 Å². The van der Waals surface area contributed by atoms with Gasteiger partial charge < -0.3 is 19.1 Å². The Morgan fingerprint density at radius 1 is 1.10 bits per heavy atom. The zero-order chi connectivity index (χ0) is 20.5. The van der Waals surface area contributed by atoms with Crippen LogP contribution >= 0.6 is 0 Å². The summed E-state index contributed by atoms with van der Waals surface area (Å²) >= 11 is 0. The Hall–Kier alpha value is -3.12. The van der Waals surface area contributed by atoms with Crippen molar-refractivity contribution < 1.29 is 14.3 Å². The maximum absolute atomic E-state index is 13.6. The Labute approximate surface area is 174 Å². The molecule has 0 bridgehead atoms. The molecule has 3 aliphatic rings. The number of aromatic nitrogens is 1. The number of nitrogens with zero attached hydrogens (tertiary/aromatic N) is 3. The van der Waals surface area contributed by atoms with Gasteiger partial charge in [0.05, 0.1) is 24.6 Å². The predicted octanol–water partition coefficient (Wildman–Crippen LogP) is 3.09. The standard InChI is InChI=1S/C24H23N3O3/c1-25-14-18(17-9-5-6-10-19(17)25)23(29)26-12-11-24-21(26)13-22(28)27(24)15-20(30-24)16-7-3-2-4-8-16/h2-10,14,20-21H,11-13,15H2,1H3/t20-,21-,24+/m1/s1. The van der Waals surface area contributed by atoms with E-state index in [1.807, 2.05) is 82.2 Å². The first-order valence-corrected chi connectivity index (χ1v) is 10.5. The van der Waals surface area contributed by atoms with E-state index in [1.54, 1.807) is 0 Å². The van der Waals surface area contributed by atoms with Gasteiger partial charge in [0.25, 0.3) is 5.91 Å². The highest BCUT2D eigenvalue weighted by atomic mass is 16.5. The van der Waals surface area contributed by atoms with Crippen molar-refractivity contribution in [3.63, 3.8) is 0 Å². The van der Waals surface area contributed by atoms with Gasteiger partial charge in [-0.15, -0.1) is 0 Å². The van der Waals surface area contributed by atoms with Gasteiger partial charge in [-0.05, 0) is 11.6 Å². The molecule has 0 aliphatic carbocycles. The fraction of sp³-hybridized carbons (Fsp3) is 0.333. The maximum atomic E-state index is 13.6. The van der Waals surface area contributed by atoms with E-state index in [2.05, 4.69) is 0 Å². The molecule has 0 saturated carbocycles. The predicted molar refractivity (Wildman–Crippen MR) is 112 cm³/mol. The smallest absolute Gasteiger partial charge is 0.256 e. The minimum absolute atomic E-state index is 0.0184. The first-order chi connectivity index (χ1) is 14.6. The monoisotopic (exact) mass is 401 g/mol. The van der Waals surface area contributed by atoms with E-state index >= 15 is 0 Å². The molecule has 3 saturated heterocycles. The van der Waals surface area contributed by atoms with Crippen LogP contribution in [0.4, 0.5) is 0 Å². The summed E-state index contributed by atoms with van der Waals surface area (Å²) in [5.41, 5.74) is 2.10. The summed E-state index contributed by atoms with van der Waals surface area (Å²) in [7, 11) is 1.95. The van der Waals surface area contributed by atoms with E-state index in [9.17, 15) is 9.59 Å². The van der Waals surface area contributed by atoms with Crippen molar-refractivity contribution in [1.82, 2.24) is 14.4 Å². The van der Waals surface area contributed by atoms with Gasteiger partial charge in [-0.3, -0.25) is 9.59 Å². The minimum atomic E-state index is -0.697. The quantitative estimate of drug-likeness (QED) is 0.663. The highest BCUT2D eigenvalue weighted by molar-refractivity contribution is 6.07. The van der Waals surface area contributed by atoms with Crippen LogP contribution in [-0.4, -0.2) is 51.0 Å². The first-order valence-electron chi connectivity index (χ1n) is 10.5. The number of carbonyl (C=O) groups is 2. The molecule has 2 amide bonds. The Morgan fingerprint density at radius 3 is 2.70 bits per heavy atom. The number of hydrogen-bond donors (Lipinski definition) is 0. The summed E-state index contributed by atoms with van der Waals surface area (Å²) in [6.45, 7) is 1.15. The van der Waals surface area contributed by atoms with E-state index in [4.69, 9.17) is 4.74 Å². The number of carbonyl (C=O) groups excluding carboxylic acids is 2. The van der Waals surface area contributed by atoms with Gasteiger partial charge >= 0.3 is 0 Å². The number of para-hydroxylation sites is 1. The number of benzene rings is 2. The molecule has 1 aromatic heterocycles. The number of ether oxygens (including phenoxy) is 1. The number of fused-ring (bicyclic) bond motifs is 1. The van der Waals surface area contributed by atoms with Crippen molar-refractivity contribution in [2.24, 2.45) is 7.05 Å². The minimum Gasteiger partial charge on any atom is -0.350 e. The van der Waals surface area contributed by atoms with Crippen LogP contribution in [0.1, 0.15) is 34.9 Å². The van der Waals surface area contributed by atoms with Crippen LogP contribution in [0.2, 0.25) is 0 Å². The van der Waals surface area contributed by atoms with E-state index in [-0.39, 0.29) is 24.0 Å². The fourth-order valence-corrected chi connectivity index (χ4v) is 5.58. The van der Waals surface area contributed by atoms with Crippen molar-refractivity contribution in [3.05, 3.63) is 71.9 Å². The third kappa shape index (κ3) is 2.28. The second-order valence-corrected chi connectivity index (χ2v) is 8.51. The highest BCUT2D eigenvalue weighted by Gasteiger charge is 2.65. The van der Waals surface area contributed by atoms with Gasteiger partial charge in [0.2, 0.25) is 5.91 Å². The Bertz CT molecular complexity index is 1170. The van der Waals surface area contributed by atoms with Crippen LogP contribution in [0.3, 0.4) is 0 Å². The Kier molecular flexibility index (Phi) is 3.65. The lowest BCUT2D eigenvalue weighted by Gasteiger charge is -2.32. The molecule has 0 radical (unpaired) electrons. The van der Waals surface area contributed by atoms with Gasteiger partial charge in [0.15, 0.2) is 5.72 Å². The molecule has 1 spiro atoms. The van der Waals surface area contributed by atoms with Gasteiger partial charge in [0.1, 0.15) is 6.10 Å². The third-order valence-electron chi connectivity index (χ3n) is 6.99. The second-order valence-electron chi connectivity index (χ2n) is 8.51. The average molecular weight is 401 g/mol. The van der Waals surface area contributed by atoms with Gasteiger partial charge in [0, 0.05) is 37.1 Å². The van der Waals surface area contributed by atoms with E-state index in [1.165, 1.54) is 0 Å². The molecule has 30 heavy (non-hydrogen) atoms. The average Bonchev–Trinajstić information content (AvgIpc) is 3.48. The second kappa shape index (κ2) is 6.19. The third-order valence-corrected chi connectivity index (χ3v) is 6.99. The zero-order valence-corrected chi connectivity index (χ0v) is 16.8. The molecule has 0 unspecified atom stereocenters. The van der Waals surface area contributed by atoms with Crippen LogP contribution in [0, 0.1) is 0 Å². The van der Waals surface area contributed by atoms with Gasteiger partial charge in [-0.2, -0.15) is 0 Å². The SMILES string of the molecule is Cn1cc(C(=O)N2CC[C@@]34O[C@@H](c5ccccc5)CN3C(=O)C[C@@H]24)c2ccccc21. The van der Waals surface area contributed by atoms with Crippen molar-refractivity contribution in [3.8, 4) is 0 Å². The summed E-state index contributed by atoms with van der Waals surface area (Å²) in [6.07, 6.45) is 2.74. The fourth-order valence-electron chi connectivity index (χ4n) is 5.58. The molecule has 152 valence electrons. The summed E-state index contributed by atoms with van der Waals surface area (Å²) in [5, 5.41) is 0.946. The lowest BCUT2D eigenvalue weighted by atomic mass is 10.1. The first kappa shape index (κ1) is 17.7. The lowest BCUT2D eigenvalue weighted by Crippen LogP contribution is -2.48. The summed E-state index contributed by atoms with van der Waals surface area (Å²) in [6, 6.07) is 17.7. The summed E-state index contributed by atoms with van der Waals surface area (Å²) in [4.78, 5) is 30.2. The van der Waals surface area contributed by atoms with Crippen LogP contribution in [0.25, 0.3) is 10.9 Å². The van der Waals surface area contributed by atoms with Crippen molar-refractivity contribution in [2.45, 2.75) is 30.7 Å². The van der Waals surface area contributed by atoms with Crippen molar-refractivity contribution in [2.75, 3.05) is 13.1 Å². The van der Waals surface area contributed by atoms with E-state index < -0.39 is 5.72 Å². The molecule has 3 fully saturated rings. The van der Waals surface area contributed by atoms with Crippen LogP contribution < -0.4 is 0 Å². The van der Waals surface area contributed by atoms with E-state index in [0.29, 0.717) is 31.5 Å². The molecular formula is C24H23N3O3. The van der Waals surface area contributed by atoms with Crippen LogP contribution in [-0.2, 0) is 16.6 Å². The van der Waals surface area contributed by atoms with Crippen molar-refractivity contribution in [1.29, 1.82) is 0 Å². The maximum Gasteiger partial charge on any atom is 0.256 e. The molecule has 2 aromatic carbocycles.